The number of carbonyl (C=O) groups is 1. The molecule has 0 radical (unpaired) electrons. The minimum absolute atomic E-state index is 0.0780. The molecule has 0 atom stereocenters. The van der Waals surface area contributed by atoms with E-state index in [-0.39, 0.29) is 6.26 Å². The molecule has 0 aromatic heterocycles. The number of rotatable bonds is 3. The molecule has 0 aliphatic rings. The lowest BCUT2D eigenvalue weighted by molar-refractivity contribution is -0.134. The summed E-state index contributed by atoms with van der Waals surface area (Å²) in [5.41, 5.74) is -5.52. The Morgan fingerprint density at radius 2 is 1.86 bits per heavy atom. The van der Waals surface area contributed by atoms with Crippen molar-refractivity contribution in [3.05, 3.63) is 12.3 Å². The monoisotopic (exact) mass is 234 g/mol. The molecule has 0 saturated carbocycles. The normalized spacial score (nSPS) is 12.9. The summed E-state index contributed by atoms with van der Waals surface area (Å²) in [6.07, 6.45) is 0.470. The molecule has 0 fully saturated rings. The third kappa shape index (κ3) is 3.64. The first-order valence-electron chi connectivity index (χ1n) is 2.95. The van der Waals surface area contributed by atoms with Crippen molar-refractivity contribution >= 4 is 16.1 Å². The van der Waals surface area contributed by atoms with E-state index in [0.717, 1.165) is 7.11 Å². The summed E-state index contributed by atoms with van der Waals surface area (Å²) in [5.74, 6) is -1.04. The van der Waals surface area contributed by atoms with Gasteiger partial charge in [-0.1, -0.05) is 0 Å². The summed E-state index contributed by atoms with van der Waals surface area (Å²) in [4.78, 5) is 10.3. The van der Waals surface area contributed by atoms with Gasteiger partial charge in [0.25, 0.3) is 0 Å². The fraction of sp³-hybridized carbons (Fsp3) is 0.400. The van der Waals surface area contributed by atoms with Crippen molar-refractivity contribution in [2.24, 2.45) is 0 Å². The summed E-state index contributed by atoms with van der Waals surface area (Å²) >= 11 is 0. The minimum Gasteiger partial charge on any atom is -0.466 e. The first-order chi connectivity index (χ1) is 6.20. The highest BCUT2D eigenvalue weighted by molar-refractivity contribution is 7.87. The molecule has 0 N–H and O–H groups in total. The van der Waals surface area contributed by atoms with E-state index in [1.807, 2.05) is 0 Å². The van der Waals surface area contributed by atoms with Gasteiger partial charge in [0.1, 0.15) is 6.26 Å². The number of hydrogen-bond acceptors (Lipinski definition) is 5. The third-order valence-corrected chi connectivity index (χ3v) is 1.80. The molecule has 0 bridgehead atoms. The van der Waals surface area contributed by atoms with E-state index in [0.29, 0.717) is 6.08 Å². The Hall–Kier alpha value is -1.25. The van der Waals surface area contributed by atoms with E-state index in [2.05, 4.69) is 8.92 Å². The Morgan fingerprint density at radius 3 is 2.21 bits per heavy atom. The molecule has 0 aliphatic heterocycles. The largest absolute Gasteiger partial charge is 0.534 e. The number of halogens is 3. The molecular weight excluding hydrogens is 229 g/mol. The van der Waals surface area contributed by atoms with Crippen LogP contribution in [0.15, 0.2) is 12.3 Å². The van der Waals surface area contributed by atoms with Crippen molar-refractivity contribution < 1.29 is 35.3 Å². The van der Waals surface area contributed by atoms with E-state index < -0.39 is 21.6 Å². The maximum Gasteiger partial charge on any atom is 0.534 e. The van der Waals surface area contributed by atoms with Crippen LogP contribution in [-0.2, 0) is 23.8 Å². The molecule has 0 spiro atoms. The van der Waals surface area contributed by atoms with Gasteiger partial charge < -0.3 is 8.92 Å². The van der Waals surface area contributed by atoms with E-state index in [1.54, 1.807) is 0 Å². The van der Waals surface area contributed by atoms with Gasteiger partial charge >= 0.3 is 21.6 Å². The van der Waals surface area contributed by atoms with Crippen LogP contribution in [0.25, 0.3) is 0 Å². The second kappa shape index (κ2) is 4.31. The van der Waals surface area contributed by atoms with Gasteiger partial charge in [0.2, 0.25) is 0 Å². The van der Waals surface area contributed by atoms with Crippen LogP contribution in [0.2, 0.25) is 0 Å². The Labute approximate surface area is 77.2 Å². The first kappa shape index (κ1) is 12.8. The van der Waals surface area contributed by atoms with E-state index in [9.17, 15) is 26.4 Å². The van der Waals surface area contributed by atoms with Crippen LogP contribution in [0.4, 0.5) is 13.2 Å². The van der Waals surface area contributed by atoms with E-state index in [1.165, 1.54) is 0 Å². The van der Waals surface area contributed by atoms with Crippen LogP contribution in [0, 0.1) is 0 Å². The fourth-order valence-electron chi connectivity index (χ4n) is 0.279. The summed E-state index contributed by atoms with van der Waals surface area (Å²) in [6, 6.07) is 0. The van der Waals surface area contributed by atoms with Crippen molar-refractivity contribution in [2.75, 3.05) is 7.11 Å². The number of alkyl halides is 3. The van der Waals surface area contributed by atoms with Crippen LogP contribution < -0.4 is 0 Å². The van der Waals surface area contributed by atoms with Crippen molar-refractivity contribution in [3.63, 3.8) is 0 Å². The lowest BCUT2D eigenvalue weighted by Gasteiger charge is -2.04. The van der Waals surface area contributed by atoms with Crippen molar-refractivity contribution in [1.29, 1.82) is 0 Å². The molecule has 0 heterocycles. The standard InChI is InChI=1S/C5H5F3O5S/c1-12-4(9)2-3-13-14(10,11)5(6,7)8/h2-3H,1H3/b3-2-. The Balaban J connectivity index is 4.43. The molecular formula is C5H5F3O5S. The molecule has 0 aromatic carbocycles. The van der Waals surface area contributed by atoms with Crippen LogP contribution in [0.3, 0.4) is 0 Å². The molecule has 0 saturated heterocycles. The van der Waals surface area contributed by atoms with Gasteiger partial charge in [0, 0.05) is 0 Å². The van der Waals surface area contributed by atoms with E-state index >= 15 is 0 Å². The smallest absolute Gasteiger partial charge is 0.466 e. The van der Waals surface area contributed by atoms with Gasteiger partial charge in [-0.3, -0.25) is 0 Å². The number of methoxy groups -OCH3 is 1. The van der Waals surface area contributed by atoms with Gasteiger partial charge in [0.15, 0.2) is 0 Å². The zero-order valence-electron chi connectivity index (χ0n) is 6.74. The Morgan fingerprint density at radius 1 is 1.36 bits per heavy atom. The summed E-state index contributed by atoms with van der Waals surface area (Å²) in [7, 11) is -4.73. The van der Waals surface area contributed by atoms with Crippen LogP contribution >= 0.6 is 0 Å². The average Bonchev–Trinajstić information content (AvgIpc) is 2.01. The lowest BCUT2D eigenvalue weighted by atomic mass is 10.6. The second-order valence-corrected chi connectivity index (χ2v) is 3.39. The van der Waals surface area contributed by atoms with Gasteiger partial charge in [-0.05, 0) is 0 Å². The minimum atomic E-state index is -5.70. The van der Waals surface area contributed by atoms with Crippen molar-refractivity contribution in [2.45, 2.75) is 5.51 Å². The van der Waals surface area contributed by atoms with Crippen LogP contribution in [0.5, 0.6) is 0 Å². The molecule has 0 unspecified atom stereocenters. The SMILES string of the molecule is COC(=O)/C=C\OS(=O)(=O)C(F)(F)F. The van der Waals surface area contributed by atoms with Crippen molar-refractivity contribution in [1.82, 2.24) is 0 Å². The van der Waals surface area contributed by atoms with E-state index in [4.69, 9.17) is 0 Å². The highest BCUT2D eigenvalue weighted by Gasteiger charge is 2.47. The fourth-order valence-corrected chi connectivity index (χ4v) is 0.590. The zero-order chi connectivity index (χ0) is 11.4. The molecule has 0 aromatic rings. The topological polar surface area (TPSA) is 69.7 Å². The Bertz CT molecular complexity index is 328. The molecule has 0 amide bonds. The maximum atomic E-state index is 11.6. The van der Waals surface area contributed by atoms with Gasteiger partial charge in [0.05, 0.1) is 13.2 Å². The number of esters is 1. The first-order valence-corrected chi connectivity index (χ1v) is 4.35. The molecule has 5 nitrogen and oxygen atoms in total. The van der Waals surface area contributed by atoms with Gasteiger partial charge in [-0.15, -0.1) is 0 Å². The highest BCUT2D eigenvalue weighted by atomic mass is 32.2. The van der Waals surface area contributed by atoms with Crippen LogP contribution in [-0.4, -0.2) is 27.0 Å². The summed E-state index contributed by atoms with van der Waals surface area (Å²) in [6.45, 7) is 0. The molecule has 9 heteroatoms. The van der Waals surface area contributed by atoms with Crippen LogP contribution in [0.1, 0.15) is 0 Å². The predicted molar refractivity (Wildman–Crippen MR) is 37.2 cm³/mol. The van der Waals surface area contributed by atoms with Gasteiger partial charge in [-0.2, -0.15) is 21.6 Å². The average molecular weight is 234 g/mol. The zero-order valence-corrected chi connectivity index (χ0v) is 7.55. The highest BCUT2D eigenvalue weighted by Crippen LogP contribution is 2.24. The molecule has 0 aliphatic carbocycles. The Kier molecular flexibility index (Phi) is 3.93. The summed E-state index contributed by atoms with van der Waals surface area (Å²) < 4.78 is 62.4. The second-order valence-electron chi connectivity index (χ2n) is 1.82. The molecule has 82 valence electrons. The predicted octanol–water partition coefficient (Wildman–Crippen LogP) is 0.539. The molecule has 0 rings (SSSR count). The lowest BCUT2D eigenvalue weighted by Crippen LogP contribution is -2.23. The number of carbonyl (C=O) groups excluding carboxylic acids is 1. The third-order valence-electron chi connectivity index (χ3n) is 0.871. The van der Waals surface area contributed by atoms with Gasteiger partial charge in [-0.25, -0.2) is 4.79 Å². The molecule has 14 heavy (non-hydrogen) atoms. The summed E-state index contributed by atoms with van der Waals surface area (Å²) in [5, 5.41) is 0. The number of ether oxygens (including phenoxy) is 1. The number of hydrogen-bond donors (Lipinski definition) is 0. The maximum absolute atomic E-state index is 11.6. The quantitative estimate of drug-likeness (QED) is 0.234. The van der Waals surface area contributed by atoms with Crippen molar-refractivity contribution in [3.8, 4) is 0 Å².